The molecule has 0 bridgehead atoms. The number of hydrogen-bond acceptors (Lipinski definition) is 6. The molecule has 160 valence electrons. The van der Waals surface area contributed by atoms with Crippen LogP contribution in [-0.4, -0.2) is 40.4 Å². The maximum atomic E-state index is 12.7. The van der Waals surface area contributed by atoms with Gasteiger partial charge in [-0.25, -0.2) is 18.1 Å². The van der Waals surface area contributed by atoms with E-state index in [-0.39, 0.29) is 11.4 Å². The summed E-state index contributed by atoms with van der Waals surface area (Å²) in [5.74, 6) is 0.378. The highest BCUT2D eigenvalue weighted by atomic mass is 32.2. The largest absolute Gasteiger partial charge is 0.389 e. The lowest BCUT2D eigenvalue weighted by atomic mass is 9.98. The quantitative estimate of drug-likeness (QED) is 0.553. The number of nitrogens with zero attached hydrogens (tertiary/aromatic N) is 3. The Morgan fingerprint density at radius 1 is 1.17 bits per heavy atom. The van der Waals surface area contributed by atoms with E-state index < -0.39 is 15.6 Å². The van der Waals surface area contributed by atoms with E-state index in [1.54, 1.807) is 29.1 Å². The van der Waals surface area contributed by atoms with Gasteiger partial charge in [-0.3, -0.25) is 4.68 Å². The highest BCUT2D eigenvalue weighted by molar-refractivity contribution is 7.89. The predicted molar refractivity (Wildman–Crippen MR) is 117 cm³/mol. The molecule has 9 heteroatoms. The lowest BCUT2D eigenvalue weighted by molar-refractivity contribution is 0.0857. The van der Waals surface area contributed by atoms with Gasteiger partial charge in [0.15, 0.2) is 0 Å². The number of benzene rings is 1. The number of nitrogens with one attached hydrogen (secondary N) is 1. The van der Waals surface area contributed by atoms with Gasteiger partial charge < -0.3 is 10.8 Å². The summed E-state index contributed by atoms with van der Waals surface area (Å²) in [5.41, 5.74) is 9.79. The maximum Gasteiger partial charge on any atom is 0.240 e. The Morgan fingerprint density at radius 3 is 2.47 bits per heavy atom. The van der Waals surface area contributed by atoms with E-state index in [2.05, 4.69) is 14.8 Å². The number of nitrogen functional groups attached to an aromatic ring is 1. The number of aryl methyl sites for hydroxylation is 3. The number of aromatic nitrogens is 3. The minimum absolute atomic E-state index is 0.0909. The Bertz CT molecular complexity index is 1190. The Kier molecular flexibility index (Phi) is 5.72. The molecule has 8 nitrogen and oxygen atoms in total. The molecule has 0 aliphatic carbocycles. The van der Waals surface area contributed by atoms with E-state index in [1.165, 1.54) is 13.8 Å². The summed E-state index contributed by atoms with van der Waals surface area (Å²) in [5, 5.41) is 14.2. The van der Waals surface area contributed by atoms with Crippen LogP contribution in [0, 0.1) is 13.8 Å². The predicted octanol–water partition coefficient (Wildman–Crippen LogP) is 2.40. The zero-order chi connectivity index (χ0) is 22.3. The Hall–Kier alpha value is -2.75. The first kappa shape index (κ1) is 21.9. The van der Waals surface area contributed by atoms with Crippen LogP contribution < -0.4 is 10.5 Å². The topological polar surface area (TPSA) is 123 Å². The van der Waals surface area contributed by atoms with Crippen LogP contribution in [0.5, 0.6) is 0 Å². The molecule has 0 saturated heterocycles. The first-order valence-electron chi connectivity index (χ1n) is 9.46. The van der Waals surface area contributed by atoms with Gasteiger partial charge >= 0.3 is 0 Å². The maximum absolute atomic E-state index is 12.7. The standard InChI is InChI=1S/C21H27N5O3S/c1-13-6-7-16(30(28,29)24-12-21(3,4)27)9-17(13)15-8-18(20(22)23-10-15)19-11-26(5)25-14(19)2/h6-11,24,27H,12H2,1-5H3,(H2,22,23). The highest BCUT2D eigenvalue weighted by Crippen LogP contribution is 2.33. The molecular weight excluding hydrogens is 402 g/mol. The molecule has 0 radical (unpaired) electrons. The molecule has 0 saturated carbocycles. The Labute approximate surface area is 176 Å². The molecule has 0 amide bonds. The molecule has 1 aromatic carbocycles. The van der Waals surface area contributed by atoms with Crippen molar-refractivity contribution in [2.45, 2.75) is 38.2 Å². The summed E-state index contributed by atoms with van der Waals surface area (Å²) in [6, 6.07) is 6.80. The van der Waals surface area contributed by atoms with Crippen molar-refractivity contribution in [1.82, 2.24) is 19.5 Å². The van der Waals surface area contributed by atoms with Gasteiger partial charge in [0.2, 0.25) is 10.0 Å². The summed E-state index contributed by atoms with van der Waals surface area (Å²) >= 11 is 0. The van der Waals surface area contributed by atoms with Gasteiger partial charge in [0, 0.05) is 42.7 Å². The zero-order valence-corrected chi connectivity index (χ0v) is 18.6. The minimum atomic E-state index is -3.78. The summed E-state index contributed by atoms with van der Waals surface area (Å²) in [6.07, 6.45) is 3.51. The normalized spacial score (nSPS) is 12.3. The van der Waals surface area contributed by atoms with E-state index in [0.29, 0.717) is 5.82 Å². The third-order valence-electron chi connectivity index (χ3n) is 4.75. The van der Waals surface area contributed by atoms with Gasteiger partial charge in [0.1, 0.15) is 5.82 Å². The van der Waals surface area contributed by atoms with E-state index in [4.69, 9.17) is 5.73 Å². The second-order valence-corrected chi connectivity index (χ2v) is 9.84. The average molecular weight is 430 g/mol. The van der Waals surface area contributed by atoms with Crippen molar-refractivity contribution < 1.29 is 13.5 Å². The Balaban J connectivity index is 2.06. The minimum Gasteiger partial charge on any atom is -0.389 e. The molecule has 0 spiro atoms. The van der Waals surface area contributed by atoms with Gasteiger partial charge in [0.05, 0.1) is 16.2 Å². The first-order valence-corrected chi connectivity index (χ1v) is 10.9. The van der Waals surface area contributed by atoms with E-state index in [0.717, 1.165) is 33.5 Å². The van der Waals surface area contributed by atoms with Gasteiger partial charge in [-0.1, -0.05) is 6.07 Å². The molecule has 2 heterocycles. The van der Waals surface area contributed by atoms with Crippen LogP contribution in [0.3, 0.4) is 0 Å². The van der Waals surface area contributed by atoms with Crippen molar-refractivity contribution in [1.29, 1.82) is 0 Å². The number of aliphatic hydroxyl groups is 1. The van der Waals surface area contributed by atoms with E-state index in [1.807, 2.05) is 33.2 Å². The third kappa shape index (κ3) is 4.69. The monoisotopic (exact) mass is 429 g/mol. The first-order chi connectivity index (χ1) is 13.9. The molecule has 3 rings (SSSR count). The smallest absolute Gasteiger partial charge is 0.240 e. The van der Waals surface area contributed by atoms with Crippen LogP contribution in [-0.2, 0) is 17.1 Å². The molecule has 4 N–H and O–H groups in total. The number of sulfonamides is 1. The fraction of sp³-hybridized carbons (Fsp3) is 0.333. The summed E-state index contributed by atoms with van der Waals surface area (Å²) in [6.45, 7) is 6.79. The second kappa shape index (κ2) is 7.82. The van der Waals surface area contributed by atoms with Gasteiger partial charge in [0.25, 0.3) is 0 Å². The summed E-state index contributed by atoms with van der Waals surface area (Å²) in [7, 11) is -1.95. The summed E-state index contributed by atoms with van der Waals surface area (Å²) in [4.78, 5) is 4.44. The molecule has 3 aromatic rings. The average Bonchev–Trinajstić information content (AvgIpc) is 2.98. The van der Waals surface area contributed by atoms with Crippen LogP contribution in [0.15, 0.2) is 41.6 Å². The van der Waals surface area contributed by atoms with Crippen molar-refractivity contribution in [2.75, 3.05) is 12.3 Å². The molecule has 0 aliphatic rings. The van der Waals surface area contributed by atoms with Gasteiger partial charge in [-0.2, -0.15) is 5.10 Å². The Morgan fingerprint density at radius 2 is 1.87 bits per heavy atom. The lowest BCUT2D eigenvalue weighted by Crippen LogP contribution is -2.38. The van der Waals surface area contributed by atoms with Crippen molar-refractivity contribution in [3.05, 3.63) is 47.9 Å². The highest BCUT2D eigenvalue weighted by Gasteiger charge is 2.21. The number of anilines is 1. The van der Waals surface area contributed by atoms with E-state index in [9.17, 15) is 13.5 Å². The number of nitrogens with two attached hydrogens (primary N) is 1. The van der Waals surface area contributed by atoms with E-state index >= 15 is 0 Å². The number of pyridine rings is 1. The third-order valence-corrected chi connectivity index (χ3v) is 6.15. The lowest BCUT2D eigenvalue weighted by Gasteiger charge is -2.18. The van der Waals surface area contributed by atoms with Crippen molar-refractivity contribution >= 4 is 15.8 Å². The second-order valence-electron chi connectivity index (χ2n) is 8.07. The van der Waals surface area contributed by atoms with Crippen LogP contribution in [0.1, 0.15) is 25.1 Å². The molecule has 0 aliphatic heterocycles. The number of hydrogen-bond donors (Lipinski definition) is 3. The van der Waals surface area contributed by atoms with Crippen LogP contribution in [0.2, 0.25) is 0 Å². The molecule has 0 fully saturated rings. The van der Waals surface area contributed by atoms with Crippen LogP contribution in [0.25, 0.3) is 22.3 Å². The van der Waals surface area contributed by atoms with Crippen molar-refractivity contribution in [3.63, 3.8) is 0 Å². The van der Waals surface area contributed by atoms with Crippen molar-refractivity contribution in [3.8, 4) is 22.3 Å². The van der Waals surface area contributed by atoms with Crippen LogP contribution >= 0.6 is 0 Å². The summed E-state index contributed by atoms with van der Waals surface area (Å²) < 4.78 is 29.5. The molecule has 30 heavy (non-hydrogen) atoms. The SMILES string of the molecule is Cc1ccc(S(=O)(=O)NCC(C)(C)O)cc1-c1cnc(N)c(-c2cn(C)nc2C)c1. The number of rotatable bonds is 6. The van der Waals surface area contributed by atoms with Crippen LogP contribution in [0.4, 0.5) is 5.82 Å². The molecule has 2 aromatic heterocycles. The van der Waals surface area contributed by atoms with Crippen molar-refractivity contribution in [2.24, 2.45) is 7.05 Å². The molecule has 0 unspecified atom stereocenters. The van der Waals surface area contributed by atoms with Gasteiger partial charge in [-0.15, -0.1) is 0 Å². The fourth-order valence-corrected chi connectivity index (χ4v) is 4.37. The molecular formula is C21H27N5O3S. The van der Waals surface area contributed by atoms with Gasteiger partial charge in [-0.05, 0) is 57.0 Å². The molecule has 0 atom stereocenters. The zero-order valence-electron chi connectivity index (χ0n) is 17.8. The fourth-order valence-electron chi connectivity index (χ4n) is 3.14.